The fourth-order valence-corrected chi connectivity index (χ4v) is 2.33. The summed E-state index contributed by atoms with van der Waals surface area (Å²) in [7, 11) is 0. The molecule has 104 valence electrons. The van der Waals surface area contributed by atoms with E-state index in [9.17, 15) is 4.79 Å². The number of fused-ring (bicyclic) bond motifs is 1. The van der Waals surface area contributed by atoms with Crippen molar-refractivity contribution in [2.24, 2.45) is 11.5 Å². The lowest BCUT2D eigenvalue weighted by Crippen LogP contribution is -2.27. The summed E-state index contributed by atoms with van der Waals surface area (Å²) in [5.74, 6) is -0.379. The molecule has 0 radical (unpaired) electrons. The van der Waals surface area contributed by atoms with Crippen molar-refractivity contribution in [2.45, 2.75) is 25.3 Å². The van der Waals surface area contributed by atoms with Gasteiger partial charge < -0.3 is 11.5 Å². The van der Waals surface area contributed by atoms with Crippen LogP contribution in [0.3, 0.4) is 0 Å². The van der Waals surface area contributed by atoms with E-state index in [1.54, 1.807) is 24.3 Å². The van der Waals surface area contributed by atoms with E-state index < -0.39 is 0 Å². The second-order valence-electron chi connectivity index (χ2n) is 5.00. The summed E-state index contributed by atoms with van der Waals surface area (Å²) in [5.41, 5.74) is 14.3. The number of aryl methyl sites for hydroxylation is 1. The standard InChI is InChI=1S/C10H13N.C7H7NO/c11-10-6-5-8-3-1-2-4-9(8)7-10;8-7(9)6-4-2-1-3-5-6/h1-4,10H,5-7,11H2;1-5H,(H2,8,9). The Labute approximate surface area is 119 Å². The molecule has 2 aromatic carbocycles. The van der Waals surface area contributed by atoms with E-state index in [-0.39, 0.29) is 5.91 Å². The summed E-state index contributed by atoms with van der Waals surface area (Å²) in [6.45, 7) is 0. The lowest BCUT2D eigenvalue weighted by Gasteiger charge is -2.20. The molecule has 0 saturated heterocycles. The van der Waals surface area contributed by atoms with Crippen LogP contribution < -0.4 is 11.5 Å². The van der Waals surface area contributed by atoms with Crippen LogP contribution >= 0.6 is 0 Å². The smallest absolute Gasteiger partial charge is 0.248 e. The van der Waals surface area contributed by atoms with E-state index in [0.29, 0.717) is 11.6 Å². The topological polar surface area (TPSA) is 69.1 Å². The molecule has 0 spiro atoms. The first-order valence-electron chi connectivity index (χ1n) is 6.84. The minimum atomic E-state index is -0.379. The zero-order valence-electron chi connectivity index (χ0n) is 11.5. The highest BCUT2D eigenvalue weighted by atomic mass is 16.1. The van der Waals surface area contributed by atoms with Crippen molar-refractivity contribution in [1.82, 2.24) is 0 Å². The Morgan fingerprint density at radius 1 is 0.950 bits per heavy atom. The fraction of sp³-hybridized carbons (Fsp3) is 0.235. The molecule has 2 aromatic rings. The lowest BCUT2D eigenvalue weighted by atomic mass is 9.89. The predicted octanol–water partition coefficient (Wildman–Crippen LogP) is 2.29. The van der Waals surface area contributed by atoms with Crippen molar-refractivity contribution in [3.8, 4) is 0 Å². The van der Waals surface area contributed by atoms with Gasteiger partial charge in [-0.05, 0) is 42.5 Å². The van der Waals surface area contributed by atoms with E-state index in [0.717, 1.165) is 19.3 Å². The highest BCUT2D eigenvalue weighted by Crippen LogP contribution is 2.19. The van der Waals surface area contributed by atoms with Crippen molar-refractivity contribution in [1.29, 1.82) is 0 Å². The second kappa shape index (κ2) is 6.87. The second-order valence-corrected chi connectivity index (χ2v) is 5.00. The molecule has 0 bridgehead atoms. The van der Waals surface area contributed by atoms with E-state index in [2.05, 4.69) is 24.3 Å². The van der Waals surface area contributed by atoms with Crippen molar-refractivity contribution < 1.29 is 4.79 Å². The van der Waals surface area contributed by atoms with Gasteiger partial charge in [0, 0.05) is 11.6 Å². The third-order valence-corrected chi connectivity index (χ3v) is 3.44. The van der Waals surface area contributed by atoms with Crippen LogP contribution in [0.4, 0.5) is 0 Å². The number of hydrogen-bond donors (Lipinski definition) is 2. The zero-order valence-corrected chi connectivity index (χ0v) is 11.5. The molecule has 4 N–H and O–H groups in total. The van der Waals surface area contributed by atoms with Gasteiger partial charge in [0.05, 0.1) is 0 Å². The molecular formula is C17H20N2O. The number of nitrogens with two attached hydrogens (primary N) is 2. The van der Waals surface area contributed by atoms with Crippen molar-refractivity contribution in [3.63, 3.8) is 0 Å². The average Bonchev–Trinajstić information content (AvgIpc) is 2.48. The molecule has 1 unspecified atom stereocenters. The lowest BCUT2D eigenvalue weighted by molar-refractivity contribution is 0.100. The Morgan fingerprint density at radius 2 is 1.55 bits per heavy atom. The zero-order chi connectivity index (χ0) is 14.4. The van der Waals surface area contributed by atoms with Crippen LogP contribution in [0.15, 0.2) is 54.6 Å². The van der Waals surface area contributed by atoms with Crippen molar-refractivity contribution in [3.05, 3.63) is 71.3 Å². The molecule has 1 aliphatic carbocycles. The molecule has 1 amide bonds. The largest absolute Gasteiger partial charge is 0.366 e. The van der Waals surface area contributed by atoms with Gasteiger partial charge in [-0.1, -0.05) is 42.5 Å². The Kier molecular flexibility index (Phi) is 4.91. The minimum Gasteiger partial charge on any atom is -0.366 e. The molecule has 0 saturated carbocycles. The van der Waals surface area contributed by atoms with Gasteiger partial charge in [0.2, 0.25) is 5.91 Å². The van der Waals surface area contributed by atoms with Gasteiger partial charge in [-0.2, -0.15) is 0 Å². The molecule has 1 atom stereocenters. The molecule has 0 heterocycles. The van der Waals surface area contributed by atoms with Crippen LogP contribution in [0.25, 0.3) is 0 Å². The van der Waals surface area contributed by atoms with Gasteiger partial charge in [-0.25, -0.2) is 0 Å². The maximum atomic E-state index is 10.4. The number of benzene rings is 2. The molecule has 3 rings (SSSR count). The molecule has 3 nitrogen and oxygen atoms in total. The monoisotopic (exact) mass is 268 g/mol. The van der Waals surface area contributed by atoms with Crippen LogP contribution in [0.5, 0.6) is 0 Å². The number of carbonyl (C=O) groups is 1. The highest BCUT2D eigenvalue weighted by molar-refractivity contribution is 5.92. The molecule has 3 heteroatoms. The van der Waals surface area contributed by atoms with Crippen LogP contribution in [-0.2, 0) is 12.8 Å². The van der Waals surface area contributed by atoms with Crippen LogP contribution in [0, 0.1) is 0 Å². The van der Waals surface area contributed by atoms with Gasteiger partial charge >= 0.3 is 0 Å². The van der Waals surface area contributed by atoms with Gasteiger partial charge in [-0.15, -0.1) is 0 Å². The maximum absolute atomic E-state index is 10.4. The molecule has 0 fully saturated rings. The van der Waals surface area contributed by atoms with Gasteiger partial charge in [0.1, 0.15) is 0 Å². The summed E-state index contributed by atoms with van der Waals surface area (Å²) in [6, 6.07) is 17.8. The normalized spacial score (nSPS) is 16.6. The first-order chi connectivity index (χ1) is 9.66. The summed E-state index contributed by atoms with van der Waals surface area (Å²) >= 11 is 0. The molecule has 1 aliphatic rings. The number of hydrogen-bond acceptors (Lipinski definition) is 2. The Bertz CT molecular complexity index is 566. The minimum absolute atomic E-state index is 0.379. The summed E-state index contributed by atoms with van der Waals surface area (Å²) in [4.78, 5) is 10.4. The molecule has 0 aliphatic heterocycles. The van der Waals surface area contributed by atoms with Gasteiger partial charge in [0.25, 0.3) is 0 Å². The number of rotatable bonds is 1. The average molecular weight is 268 g/mol. The van der Waals surface area contributed by atoms with Crippen molar-refractivity contribution >= 4 is 5.91 Å². The van der Waals surface area contributed by atoms with Crippen LogP contribution in [-0.4, -0.2) is 11.9 Å². The highest BCUT2D eigenvalue weighted by Gasteiger charge is 2.13. The van der Waals surface area contributed by atoms with Crippen LogP contribution in [0.2, 0.25) is 0 Å². The Morgan fingerprint density at radius 3 is 2.15 bits per heavy atom. The van der Waals surface area contributed by atoms with Crippen molar-refractivity contribution in [2.75, 3.05) is 0 Å². The van der Waals surface area contributed by atoms with E-state index in [1.165, 1.54) is 11.1 Å². The van der Waals surface area contributed by atoms with E-state index >= 15 is 0 Å². The third kappa shape index (κ3) is 3.93. The molecule has 20 heavy (non-hydrogen) atoms. The molecule has 0 aromatic heterocycles. The SMILES string of the molecule is NC(=O)c1ccccc1.NC1CCc2ccccc2C1. The summed E-state index contributed by atoms with van der Waals surface area (Å²) in [5, 5.41) is 0. The quantitative estimate of drug-likeness (QED) is 0.833. The molecular weight excluding hydrogens is 248 g/mol. The Hall–Kier alpha value is -2.13. The van der Waals surface area contributed by atoms with Gasteiger partial charge in [0.15, 0.2) is 0 Å². The van der Waals surface area contributed by atoms with E-state index in [1.807, 2.05) is 6.07 Å². The summed E-state index contributed by atoms with van der Waals surface area (Å²) < 4.78 is 0. The number of primary amides is 1. The van der Waals surface area contributed by atoms with Crippen LogP contribution in [0.1, 0.15) is 27.9 Å². The predicted molar refractivity (Wildman–Crippen MR) is 81.4 cm³/mol. The third-order valence-electron chi connectivity index (χ3n) is 3.44. The first kappa shape index (κ1) is 14.3. The van der Waals surface area contributed by atoms with Gasteiger partial charge in [-0.3, -0.25) is 4.79 Å². The Balaban J connectivity index is 0.000000151. The number of carbonyl (C=O) groups excluding carboxylic acids is 1. The summed E-state index contributed by atoms with van der Waals surface area (Å²) in [6.07, 6.45) is 3.38. The number of amides is 1. The fourth-order valence-electron chi connectivity index (χ4n) is 2.33. The van der Waals surface area contributed by atoms with E-state index in [4.69, 9.17) is 11.5 Å². The maximum Gasteiger partial charge on any atom is 0.248 e. The first-order valence-corrected chi connectivity index (χ1v) is 6.84.